The van der Waals surface area contributed by atoms with E-state index >= 15 is 0 Å². The highest BCUT2D eigenvalue weighted by Gasteiger charge is 2.24. The Morgan fingerprint density at radius 2 is 1.71 bits per heavy atom. The summed E-state index contributed by atoms with van der Waals surface area (Å²) in [6.07, 6.45) is 3.54. The maximum Gasteiger partial charge on any atom is 0.225 e. The smallest absolute Gasteiger partial charge is 0.225 e. The fourth-order valence-electron chi connectivity index (χ4n) is 3.21. The van der Waals surface area contributed by atoms with Crippen LogP contribution in [0.25, 0.3) is 0 Å². The summed E-state index contributed by atoms with van der Waals surface area (Å²) in [5.41, 5.74) is 0.960. The average molecular weight is 498 g/mol. The van der Waals surface area contributed by atoms with E-state index in [4.69, 9.17) is 0 Å². The van der Waals surface area contributed by atoms with Gasteiger partial charge in [-0.1, -0.05) is 26.0 Å². The molecule has 3 rings (SSSR count). The molecule has 1 aromatic heterocycles. The van der Waals surface area contributed by atoms with Crippen molar-refractivity contribution < 1.29 is 4.39 Å². The first kappa shape index (κ1) is 22.3. The van der Waals surface area contributed by atoms with Crippen LogP contribution in [0.1, 0.15) is 19.4 Å². The number of rotatable bonds is 4. The number of aromatic nitrogens is 2. The number of guanidine groups is 1. The average Bonchev–Trinajstić information content (AvgIpc) is 2.70. The van der Waals surface area contributed by atoms with Gasteiger partial charge in [-0.2, -0.15) is 0 Å². The van der Waals surface area contributed by atoms with Crippen molar-refractivity contribution in [2.45, 2.75) is 19.3 Å². The third kappa shape index (κ3) is 5.52. The number of hydrogen-bond acceptors (Lipinski definition) is 4. The molecule has 1 N–H and O–H groups in total. The SMILES string of the molecule is CN=C(NCC(C)(C)c1ccc(F)cc1)N1CCN(c2ncccn2)CC1.I. The minimum Gasteiger partial charge on any atom is -0.355 e. The maximum absolute atomic E-state index is 13.2. The van der Waals surface area contributed by atoms with Crippen molar-refractivity contribution in [2.24, 2.45) is 4.99 Å². The summed E-state index contributed by atoms with van der Waals surface area (Å²) in [6.45, 7) is 8.42. The van der Waals surface area contributed by atoms with Crippen molar-refractivity contribution in [3.63, 3.8) is 0 Å². The second-order valence-electron chi connectivity index (χ2n) is 7.31. The quantitative estimate of drug-likeness (QED) is 0.399. The standard InChI is InChI=1S/C20H27FN6.HI/c1-20(2,16-5-7-17(21)8-6-16)15-25-18(22-3)26-11-13-27(14-12-26)19-23-9-4-10-24-19;/h4-10H,11-15H2,1-3H3,(H,22,25);1H. The van der Waals surface area contributed by atoms with Crippen molar-refractivity contribution in [3.05, 3.63) is 54.1 Å². The number of hydrogen-bond donors (Lipinski definition) is 1. The van der Waals surface area contributed by atoms with E-state index < -0.39 is 0 Å². The monoisotopic (exact) mass is 498 g/mol. The van der Waals surface area contributed by atoms with E-state index in [1.54, 1.807) is 19.4 Å². The summed E-state index contributed by atoms with van der Waals surface area (Å²) >= 11 is 0. The third-order valence-corrected chi connectivity index (χ3v) is 4.94. The van der Waals surface area contributed by atoms with Crippen LogP contribution in [0.5, 0.6) is 0 Å². The Labute approximate surface area is 183 Å². The fourth-order valence-corrected chi connectivity index (χ4v) is 3.21. The highest BCUT2D eigenvalue weighted by molar-refractivity contribution is 14.0. The molecule has 0 radical (unpaired) electrons. The summed E-state index contributed by atoms with van der Waals surface area (Å²) in [6, 6.07) is 8.54. The number of nitrogens with one attached hydrogen (secondary N) is 1. The van der Waals surface area contributed by atoms with Crippen molar-refractivity contribution >= 4 is 35.9 Å². The number of aliphatic imine (C=N–C) groups is 1. The minimum atomic E-state index is -0.210. The van der Waals surface area contributed by atoms with E-state index in [0.717, 1.165) is 43.7 Å². The Hall–Kier alpha value is -1.97. The predicted octanol–water partition coefficient (Wildman–Crippen LogP) is 2.91. The van der Waals surface area contributed by atoms with Gasteiger partial charge in [-0.05, 0) is 23.8 Å². The predicted molar refractivity (Wildman–Crippen MR) is 122 cm³/mol. The third-order valence-electron chi connectivity index (χ3n) is 4.94. The van der Waals surface area contributed by atoms with Gasteiger partial charge in [0.05, 0.1) is 0 Å². The van der Waals surface area contributed by atoms with E-state index in [1.807, 2.05) is 18.2 Å². The summed E-state index contributed by atoms with van der Waals surface area (Å²) in [5, 5.41) is 3.48. The Morgan fingerprint density at radius 1 is 1.11 bits per heavy atom. The molecule has 0 aliphatic carbocycles. The van der Waals surface area contributed by atoms with Crippen molar-refractivity contribution in [1.82, 2.24) is 20.2 Å². The molecule has 1 fully saturated rings. The maximum atomic E-state index is 13.2. The molecule has 0 saturated carbocycles. The van der Waals surface area contributed by atoms with E-state index in [1.165, 1.54) is 12.1 Å². The molecule has 28 heavy (non-hydrogen) atoms. The molecule has 0 atom stereocenters. The molecule has 6 nitrogen and oxygen atoms in total. The van der Waals surface area contributed by atoms with Crippen LogP contribution in [0.15, 0.2) is 47.7 Å². The molecule has 0 bridgehead atoms. The van der Waals surface area contributed by atoms with Gasteiger partial charge >= 0.3 is 0 Å². The highest BCUT2D eigenvalue weighted by atomic mass is 127. The van der Waals surface area contributed by atoms with Crippen LogP contribution >= 0.6 is 24.0 Å². The first-order chi connectivity index (χ1) is 13.0. The van der Waals surface area contributed by atoms with Crippen LogP contribution in [-0.4, -0.2) is 60.6 Å². The van der Waals surface area contributed by atoms with E-state index in [9.17, 15) is 4.39 Å². The number of anilines is 1. The number of nitrogens with zero attached hydrogens (tertiary/aromatic N) is 5. The van der Waals surface area contributed by atoms with Gasteiger partial charge < -0.3 is 15.1 Å². The summed E-state index contributed by atoms with van der Waals surface area (Å²) in [5.74, 6) is 1.45. The molecule has 1 saturated heterocycles. The lowest BCUT2D eigenvalue weighted by Crippen LogP contribution is -2.54. The normalized spacial score (nSPS) is 15.2. The molecule has 2 aromatic rings. The van der Waals surface area contributed by atoms with Gasteiger partial charge in [0, 0.05) is 57.6 Å². The van der Waals surface area contributed by atoms with E-state index in [-0.39, 0.29) is 35.2 Å². The lowest BCUT2D eigenvalue weighted by atomic mass is 9.84. The number of piperazine rings is 1. The zero-order valence-electron chi connectivity index (χ0n) is 16.6. The lowest BCUT2D eigenvalue weighted by Gasteiger charge is -2.37. The molecule has 2 heterocycles. The Bertz CT molecular complexity index is 758. The first-order valence-electron chi connectivity index (χ1n) is 9.23. The highest BCUT2D eigenvalue weighted by Crippen LogP contribution is 2.22. The van der Waals surface area contributed by atoms with Crippen molar-refractivity contribution in [3.8, 4) is 0 Å². The Kier molecular flexibility index (Phi) is 7.97. The van der Waals surface area contributed by atoms with Gasteiger partial charge in [-0.3, -0.25) is 4.99 Å². The molecule has 1 aliphatic heterocycles. The summed E-state index contributed by atoms with van der Waals surface area (Å²) in [7, 11) is 1.81. The first-order valence-corrected chi connectivity index (χ1v) is 9.23. The van der Waals surface area contributed by atoms with Gasteiger partial charge in [0.25, 0.3) is 0 Å². The van der Waals surface area contributed by atoms with Crippen LogP contribution in [0, 0.1) is 5.82 Å². The molecule has 1 aliphatic rings. The molecular formula is C20H28FIN6. The van der Waals surface area contributed by atoms with Gasteiger partial charge in [0.2, 0.25) is 5.95 Å². The van der Waals surface area contributed by atoms with Crippen LogP contribution in [0.4, 0.5) is 10.3 Å². The molecule has 1 aromatic carbocycles. The molecule has 8 heteroatoms. The zero-order valence-corrected chi connectivity index (χ0v) is 18.9. The topological polar surface area (TPSA) is 56.7 Å². The Balaban J connectivity index is 0.00000280. The summed E-state index contributed by atoms with van der Waals surface area (Å²) < 4.78 is 13.2. The second kappa shape index (κ2) is 9.99. The van der Waals surface area contributed by atoms with Crippen LogP contribution in [-0.2, 0) is 5.41 Å². The molecule has 152 valence electrons. The number of halogens is 2. The number of benzene rings is 1. The van der Waals surface area contributed by atoms with Gasteiger partial charge in [0.1, 0.15) is 5.82 Å². The van der Waals surface area contributed by atoms with Gasteiger partial charge in [-0.25, -0.2) is 14.4 Å². The lowest BCUT2D eigenvalue weighted by molar-refractivity contribution is 0.364. The second-order valence-corrected chi connectivity index (χ2v) is 7.31. The van der Waals surface area contributed by atoms with Gasteiger partial charge in [0.15, 0.2) is 5.96 Å². The zero-order chi connectivity index (χ0) is 19.3. The van der Waals surface area contributed by atoms with E-state index in [2.05, 4.69) is 43.9 Å². The van der Waals surface area contributed by atoms with Gasteiger partial charge in [-0.15, -0.1) is 24.0 Å². The van der Waals surface area contributed by atoms with Crippen LogP contribution < -0.4 is 10.2 Å². The summed E-state index contributed by atoms with van der Waals surface area (Å²) in [4.78, 5) is 17.5. The molecule has 0 amide bonds. The van der Waals surface area contributed by atoms with Crippen LogP contribution in [0.3, 0.4) is 0 Å². The fraction of sp³-hybridized carbons (Fsp3) is 0.450. The molecular weight excluding hydrogens is 470 g/mol. The largest absolute Gasteiger partial charge is 0.355 e. The van der Waals surface area contributed by atoms with E-state index in [0.29, 0.717) is 6.54 Å². The van der Waals surface area contributed by atoms with Crippen molar-refractivity contribution in [1.29, 1.82) is 0 Å². The minimum absolute atomic E-state index is 0. The molecule has 0 spiro atoms. The van der Waals surface area contributed by atoms with Crippen molar-refractivity contribution in [2.75, 3.05) is 44.7 Å². The Morgan fingerprint density at radius 3 is 2.29 bits per heavy atom. The van der Waals surface area contributed by atoms with Crippen LogP contribution in [0.2, 0.25) is 0 Å². The molecule has 0 unspecified atom stereocenters.